The van der Waals surface area contributed by atoms with Crippen molar-refractivity contribution in [3.63, 3.8) is 0 Å². The summed E-state index contributed by atoms with van der Waals surface area (Å²) in [5.41, 5.74) is 1.68. The summed E-state index contributed by atoms with van der Waals surface area (Å²) >= 11 is 7.41. The van der Waals surface area contributed by atoms with Crippen molar-refractivity contribution in [2.45, 2.75) is 19.1 Å². The standard InChI is InChI=1S/C12H16ClNO2S/c1-8-3-4-11(10(13)5-8)14-12(16)7-17-9(2)6-15/h3-5,9,15H,6-7H2,1-2H3,(H,14,16). The molecule has 1 atom stereocenters. The number of amides is 1. The molecule has 0 aromatic heterocycles. The lowest BCUT2D eigenvalue weighted by molar-refractivity contribution is -0.113. The summed E-state index contributed by atoms with van der Waals surface area (Å²) in [6.07, 6.45) is 0. The van der Waals surface area contributed by atoms with E-state index in [1.807, 2.05) is 19.9 Å². The molecule has 0 aliphatic carbocycles. The fourth-order valence-corrected chi connectivity index (χ4v) is 2.07. The number of halogens is 1. The SMILES string of the molecule is Cc1ccc(NC(=O)CSC(C)CO)c(Cl)c1. The van der Waals surface area contributed by atoms with Crippen molar-refractivity contribution in [2.75, 3.05) is 17.7 Å². The molecule has 1 aromatic carbocycles. The van der Waals surface area contributed by atoms with Crippen molar-refractivity contribution < 1.29 is 9.90 Å². The van der Waals surface area contributed by atoms with Crippen LogP contribution in [0, 0.1) is 6.92 Å². The van der Waals surface area contributed by atoms with E-state index < -0.39 is 0 Å². The molecule has 0 heterocycles. The van der Waals surface area contributed by atoms with Crippen LogP contribution < -0.4 is 5.32 Å². The molecule has 1 aromatic rings. The highest BCUT2D eigenvalue weighted by Gasteiger charge is 2.08. The number of hydrogen-bond donors (Lipinski definition) is 2. The number of anilines is 1. The average Bonchev–Trinajstić information content (AvgIpc) is 2.29. The number of carbonyl (C=O) groups excluding carboxylic acids is 1. The Kier molecular flexibility index (Phi) is 5.82. The monoisotopic (exact) mass is 273 g/mol. The minimum absolute atomic E-state index is 0.0641. The zero-order valence-corrected chi connectivity index (χ0v) is 11.4. The van der Waals surface area contributed by atoms with Gasteiger partial charge in [0.1, 0.15) is 0 Å². The molecule has 3 nitrogen and oxygen atoms in total. The molecule has 1 unspecified atom stereocenters. The summed E-state index contributed by atoms with van der Waals surface area (Å²) in [5, 5.41) is 12.2. The number of benzene rings is 1. The Bertz CT molecular complexity index is 398. The lowest BCUT2D eigenvalue weighted by Gasteiger charge is -2.09. The third-order valence-electron chi connectivity index (χ3n) is 2.15. The topological polar surface area (TPSA) is 49.3 Å². The summed E-state index contributed by atoms with van der Waals surface area (Å²) in [4.78, 5) is 11.6. The van der Waals surface area contributed by atoms with Crippen molar-refractivity contribution in [1.29, 1.82) is 0 Å². The highest BCUT2D eigenvalue weighted by Crippen LogP contribution is 2.23. The zero-order valence-electron chi connectivity index (χ0n) is 9.87. The van der Waals surface area contributed by atoms with Gasteiger partial charge in [-0.25, -0.2) is 0 Å². The molecule has 0 aliphatic heterocycles. The van der Waals surface area contributed by atoms with E-state index in [2.05, 4.69) is 5.32 Å². The van der Waals surface area contributed by atoms with E-state index >= 15 is 0 Å². The van der Waals surface area contributed by atoms with Gasteiger partial charge >= 0.3 is 0 Å². The zero-order chi connectivity index (χ0) is 12.8. The molecule has 1 amide bonds. The molecule has 1 rings (SSSR count). The molecule has 0 saturated heterocycles. The number of aryl methyl sites for hydroxylation is 1. The maximum Gasteiger partial charge on any atom is 0.234 e. The Morgan fingerprint density at radius 2 is 2.29 bits per heavy atom. The number of hydrogen-bond acceptors (Lipinski definition) is 3. The Labute approximate surface area is 111 Å². The summed E-state index contributed by atoms with van der Waals surface area (Å²) in [6, 6.07) is 5.49. The van der Waals surface area contributed by atoms with Crippen LogP contribution >= 0.6 is 23.4 Å². The van der Waals surface area contributed by atoms with Gasteiger partial charge in [-0.05, 0) is 24.6 Å². The van der Waals surface area contributed by atoms with Crippen LogP contribution in [0.15, 0.2) is 18.2 Å². The smallest absolute Gasteiger partial charge is 0.234 e. The molecule has 0 saturated carbocycles. The fourth-order valence-electron chi connectivity index (χ4n) is 1.18. The van der Waals surface area contributed by atoms with E-state index in [1.54, 1.807) is 12.1 Å². The van der Waals surface area contributed by atoms with Gasteiger partial charge in [0.2, 0.25) is 5.91 Å². The molecular weight excluding hydrogens is 258 g/mol. The van der Waals surface area contributed by atoms with Crippen molar-refractivity contribution in [2.24, 2.45) is 0 Å². The van der Waals surface area contributed by atoms with Crippen LogP contribution in [0.3, 0.4) is 0 Å². The Morgan fingerprint density at radius 3 is 2.88 bits per heavy atom. The van der Waals surface area contributed by atoms with E-state index in [4.69, 9.17) is 16.7 Å². The maximum absolute atomic E-state index is 11.6. The van der Waals surface area contributed by atoms with Crippen LogP contribution in [0.2, 0.25) is 5.02 Å². The van der Waals surface area contributed by atoms with E-state index in [9.17, 15) is 4.79 Å². The summed E-state index contributed by atoms with van der Waals surface area (Å²) in [6.45, 7) is 3.89. The van der Waals surface area contributed by atoms with Gasteiger partial charge < -0.3 is 10.4 Å². The highest BCUT2D eigenvalue weighted by atomic mass is 35.5. The van der Waals surface area contributed by atoms with E-state index in [-0.39, 0.29) is 17.8 Å². The molecule has 2 N–H and O–H groups in total. The van der Waals surface area contributed by atoms with Crippen molar-refractivity contribution in [1.82, 2.24) is 0 Å². The van der Waals surface area contributed by atoms with E-state index in [1.165, 1.54) is 11.8 Å². The van der Waals surface area contributed by atoms with Crippen LogP contribution in [-0.4, -0.2) is 28.6 Å². The van der Waals surface area contributed by atoms with Gasteiger partial charge in [-0.2, -0.15) is 0 Å². The van der Waals surface area contributed by atoms with E-state index in [0.29, 0.717) is 16.5 Å². The fraction of sp³-hybridized carbons (Fsp3) is 0.417. The maximum atomic E-state index is 11.6. The molecule has 0 fully saturated rings. The van der Waals surface area contributed by atoms with Crippen molar-refractivity contribution in [3.8, 4) is 0 Å². The third-order valence-corrected chi connectivity index (χ3v) is 3.61. The minimum Gasteiger partial charge on any atom is -0.395 e. The average molecular weight is 274 g/mol. The van der Waals surface area contributed by atoms with Gasteiger partial charge in [-0.15, -0.1) is 11.8 Å². The van der Waals surface area contributed by atoms with Gasteiger partial charge in [0.15, 0.2) is 0 Å². The van der Waals surface area contributed by atoms with Crippen LogP contribution in [0.25, 0.3) is 0 Å². The number of aliphatic hydroxyl groups excluding tert-OH is 1. The van der Waals surface area contributed by atoms with Crippen molar-refractivity contribution in [3.05, 3.63) is 28.8 Å². The molecule has 17 heavy (non-hydrogen) atoms. The highest BCUT2D eigenvalue weighted by molar-refractivity contribution is 8.00. The molecule has 0 spiro atoms. The molecule has 0 bridgehead atoms. The van der Waals surface area contributed by atoms with Crippen molar-refractivity contribution >= 4 is 35.0 Å². The second-order valence-corrected chi connectivity index (χ2v) is 5.67. The van der Waals surface area contributed by atoms with Gasteiger partial charge in [-0.3, -0.25) is 4.79 Å². The first-order valence-corrected chi connectivity index (χ1v) is 6.74. The van der Waals surface area contributed by atoms with Gasteiger partial charge in [0, 0.05) is 5.25 Å². The Hall–Kier alpha value is -0.710. The first kappa shape index (κ1) is 14.4. The van der Waals surface area contributed by atoms with E-state index in [0.717, 1.165) is 5.56 Å². The summed E-state index contributed by atoms with van der Waals surface area (Å²) < 4.78 is 0. The predicted octanol–water partition coefficient (Wildman–Crippen LogP) is 2.70. The van der Waals surface area contributed by atoms with Crippen LogP contribution in [0.1, 0.15) is 12.5 Å². The molecular formula is C12H16ClNO2S. The number of rotatable bonds is 5. The molecule has 5 heteroatoms. The first-order chi connectivity index (χ1) is 8.02. The third kappa shape index (κ3) is 4.98. The van der Waals surface area contributed by atoms with Gasteiger partial charge in [0.05, 0.1) is 23.1 Å². The Balaban J connectivity index is 2.50. The predicted molar refractivity (Wildman–Crippen MR) is 73.8 cm³/mol. The lowest BCUT2D eigenvalue weighted by Crippen LogP contribution is -2.17. The normalized spacial score (nSPS) is 12.2. The quantitative estimate of drug-likeness (QED) is 0.867. The number of carbonyl (C=O) groups is 1. The molecule has 0 radical (unpaired) electrons. The largest absolute Gasteiger partial charge is 0.395 e. The number of aliphatic hydroxyl groups is 1. The second kappa shape index (κ2) is 6.89. The summed E-state index contributed by atoms with van der Waals surface area (Å²) in [5.74, 6) is 0.201. The second-order valence-electron chi connectivity index (χ2n) is 3.84. The van der Waals surface area contributed by atoms with Crippen LogP contribution in [0.5, 0.6) is 0 Å². The summed E-state index contributed by atoms with van der Waals surface area (Å²) in [7, 11) is 0. The number of nitrogens with one attached hydrogen (secondary N) is 1. The van der Waals surface area contributed by atoms with Gasteiger partial charge in [-0.1, -0.05) is 24.6 Å². The van der Waals surface area contributed by atoms with Crippen LogP contribution in [-0.2, 0) is 4.79 Å². The molecule has 94 valence electrons. The lowest BCUT2D eigenvalue weighted by atomic mass is 10.2. The number of thioether (sulfide) groups is 1. The first-order valence-electron chi connectivity index (χ1n) is 5.31. The minimum atomic E-state index is -0.110. The molecule has 0 aliphatic rings. The Morgan fingerprint density at radius 1 is 1.59 bits per heavy atom. The van der Waals surface area contributed by atoms with Gasteiger partial charge in [0.25, 0.3) is 0 Å². The van der Waals surface area contributed by atoms with Crippen LogP contribution in [0.4, 0.5) is 5.69 Å².